The minimum atomic E-state index is -0.387. The van der Waals surface area contributed by atoms with Crippen molar-refractivity contribution in [1.82, 2.24) is 0 Å². The molecule has 124 valence electrons. The van der Waals surface area contributed by atoms with Crippen LogP contribution in [0.15, 0.2) is 25.3 Å². The predicted molar refractivity (Wildman–Crippen MR) is 89.1 cm³/mol. The van der Waals surface area contributed by atoms with Crippen molar-refractivity contribution < 1.29 is 14.3 Å². The van der Waals surface area contributed by atoms with Crippen molar-refractivity contribution in [3.05, 3.63) is 25.3 Å². The summed E-state index contributed by atoms with van der Waals surface area (Å²) in [5.41, 5.74) is -0.238. The Morgan fingerprint density at radius 2 is 1.91 bits per heavy atom. The summed E-state index contributed by atoms with van der Waals surface area (Å²) in [7, 11) is 0. The number of ether oxygens (including phenoxy) is 1. The van der Waals surface area contributed by atoms with E-state index in [0.717, 1.165) is 25.7 Å². The molecule has 1 rings (SSSR count). The van der Waals surface area contributed by atoms with Crippen molar-refractivity contribution in [2.75, 3.05) is 0 Å². The van der Waals surface area contributed by atoms with Crippen LogP contribution in [-0.4, -0.2) is 11.9 Å². The standard InChI is InChI=1S/C19H30O3/c1-7-10-12-19(5,6)16-15(17(20)22-18(16)21)13(4)14(9-3)11-8-2/h8-9,13-16H,2-3,7,10-12H2,1,4-6H3. The zero-order chi connectivity index (χ0) is 16.9. The topological polar surface area (TPSA) is 43.4 Å². The first kappa shape index (κ1) is 18.7. The average molecular weight is 306 g/mol. The van der Waals surface area contributed by atoms with Crippen molar-refractivity contribution in [3.8, 4) is 0 Å². The molecule has 1 saturated heterocycles. The van der Waals surface area contributed by atoms with Crippen LogP contribution in [0.25, 0.3) is 0 Å². The van der Waals surface area contributed by atoms with Crippen molar-refractivity contribution >= 4 is 11.9 Å². The zero-order valence-electron chi connectivity index (χ0n) is 14.4. The second-order valence-electron chi connectivity index (χ2n) is 7.12. The molecule has 1 fully saturated rings. The van der Waals surface area contributed by atoms with Crippen molar-refractivity contribution in [2.24, 2.45) is 29.1 Å². The maximum Gasteiger partial charge on any atom is 0.318 e. The van der Waals surface area contributed by atoms with E-state index in [-0.39, 0.29) is 41.0 Å². The van der Waals surface area contributed by atoms with Gasteiger partial charge in [0.25, 0.3) is 0 Å². The largest absolute Gasteiger partial charge is 0.393 e. The van der Waals surface area contributed by atoms with E-state index in [0.29, 0.717) is 0 Å². The first-order valence-corrected chi connectivity index (χ1v) is 8.29. The Balaban J connectivity index is 3.07. The van der Waals surface area contributed by atoms with Gasteiger partial charge in [0, 0.05) is 0 Å². The molecule has 4 atom stereocenters. The number of carbonyl (C=O) groups excluding carboxylic acids is 2. The number of allylic oxidation sites excluding steroid dienone is 2. The van der Waals surface area contributed by atoms with Gasteiger partial charge in [-0.3, -0.25) is 9.59 Å². The van der Waals surface area contributed by atoms with Gasteiger partial charge in [0.1, 0.15) is 0 Å². The van der Waals surface area contributed by atoms with Crippen LogP contribution in [0.2, 0.25) is 0 Å². The van der Waals surface area contributed by atoms with Gasteiger partial charge in [-0.25, -0.2) is 0 Å². The maximum absolute atomic E-state index is 12.3. The summed E-state index contributed by atoms with van der Waals surface area (Å²) in [4.78, 5) is 24.6. The summed E-state index contributed by atoms with van der Waals surface area (Å²) in [6.07, 6.45) is 7.49. The number of cyclic esters (lactones) is 2. The highest BCUT2D eigenvalue weighted by molar-refractivity contribution is 5.97. The van der Waals surface area contributed by atoms with Gasteiger partial charge >= 0.3 is 11.9 Å². The fraction of sp³-hybridized carbons (Fsp3) is 0.684. The van der Waals surface area contributed by atoms with E-state index in [4.69, 9.17) is 4.74 Å². The molecule has 0 aliphatic carbocycles. The van der Waals surface area contributed by atoms with E-state index in [1.54, 1.807) is 0 Å². The Bertz CT molecular complexity index is 436. The molecule has 0 aromatic carbocycles. The molecule has 0 aromatic rings. The molecule has 0 saturated carbocycles. The van der Waals surface area contributed by atoms with Crippen LogP contribution >= 0.6 is 0 Å². The van der Waals surface area contributed by atoms with Crippen LogP contribution in [0.1, 0.15) is 53.4 Å². The Morgan fingerprint density at radius 3 is 2.41 bits per heavy atom. The van der Waals surface area contributed by atoms with E-state index < -0.39 is 0 Å². The third-order valence-corrected chi connectivity index (χ3v) is 5.09. The lowest BCUT2D eigenvalue weighted by molar-refractivity contribution is -0.154. The van der Waals surface area contributed by atoms with E-state index in [9.17, 15) is 9.59 Å². The fourth-order valence-corrected chi connectivity index (χ4v) is 3.61. The minimum absolute atomic E-state index is 0.0142. The van der Waals surface area contributed by atoms with Crippen LogP contribution < -0.4 is 0 Å². The van der Waals surface area contributed by atoms with Gasteiger partial charge < -0.3 is 4.74 Å². The van der Waals surface area contributed by atoms with Gasteiger partial charge in [0.2, 0.25) is 0 Å². The second kappa shape index (κ2) is 7.75. The molecule has 0 radical (unpaired) electrons. The quantitative estimate of drug-likeness (QED) is 0.357. The second-order valence-corrected chi connectivity index (χ2v) is 7.12. The van der Waals surface area contributed by atoms with E-state index in [1.807, 2.05) is 19.1 Å². The van der Waals surface area contributed by atoms with Gasteiger partial charge in [-0.1, -0.05) is 52.7 Å². The fourth-order valence-electron chi connectivity index (χ4n) is 3.61. The van der Waals surface area contributed by atoms with E-state index in [1.165, 1.54) is 0 Å². The summed E-state index contributed by atoms with van der Waals surface area (Å²) in [6, 6.07) is 0. The lowest BCUT2D eigenvalue weighted by atomic mass is 9.65. The Morgan fingerprint density at radius 1 is 1.27 bits per heavy atom. The van der Waals surface area contributed by atoms with E-state index >= 15 is 0 Å². The molecule has 1 aliphatic rings. The number of rotatable bonds is 9. The van der Waals surface area contributed by atoms with Gasteiger partial charge in [0.15, 0.2) is 0 Å². The van der Waals surface area contributed by atoms with Gasteiger partial charge in [-0.05, 0) is 30.1 Å². The molecule has 0 bridgehead atoms. The molecule has 0 aromatic heterocycles. The van der Waals surface area contributed by atoms with Gasteiger partial charge in [-0.15, -0.1) is 13.2 Å². The van der Waals surface area contributed by atoms with Crippen molar-refractivity contribution in [3.63, 3.8) is 0 Å². The molecule has 3 heteroatoms. The molecular formula is C19H30O3. The summed E-state index contributed by atoms with van der Waals surface area (Å²) in [5, 5.41) is 0. The van der Waals surface area contributed by atoms with Gasteiger partial charge in [0.05, 0.1) is 11.8 Å². The molecule has 0 amide bonds. The molecule has 0 spiro atoms. The Hall–Kier alpha value is -1.38. The number of unbranched alkanes of at least 4 members (excludes halogenated alkanes) is 1. The zero-order valence-corrected chi connectivity index (χ0v) is 14.4. The van der Waals surface area contributed by atoms with Crippen LogP contribution in [0.5, 0.6) is 0 Å². The SMILES string of the molecule is C=CCC(C=C)C(C)C1C(=O)OC(=O)C1C(C)(C)CCCC. The number of hydrogen-bond acceptors (Lipinski definition) is 3. The maximum atomic E-state index is 12.3. The molecule has 22 heavy (non-hydrogen) atoms. The highest BCUT2D eigenvalue weighted by atomic mass is 16.6. The lowest BCUT2D eigenvalue weighted by Gasteiger charge is -2.35. The molecule has 1 aliphatic heterocycles. The Kier molecular flexibility index (Phi) is 6.58. The number of hydrogen-bond donors (Lipinski definition) is 0. The highest BCUT2D eigenvalue weighted by Crippen LogP contribution is 2.46. The molecule has 0 N–H and O–H groups in total. The molecule has 4 unspecified atom stereocenters. The van der Waals surface area contributed by atoms with Gasteiger partial charge in [-0.2, -0.15) is 0 Å². The summed E-state index contributed by atoms with van der Waals surface area (Å²) >= 11 is 0. The first-order chi connectivity index (χ1) is 10.3. The molecule has 1 heterocycles. The number of carbonyl (C=O) groups is 2. The van der Waals surface area contributed by atoms with Crippen LogP contribution in [0.3, 0.4) is 0 Å². The summed E-state index contributed by atoms with van der Waals surface area (Å²) < 4.78 is 5.01. The van der Waals surface area contributed by atoms with Crippen molar-refractivity contribution in [2.45, 2.75) is 53.4 Å². The molecular weight excluding hydrogens is 276 g/mol. The summed E-state index contributed by atoms with van der Waals surface area (Å²) in [6.45, 7) is 15.9. The van der Waals surface area contributed by atoms with Crippen molar-refractivity contribution in [1.29, 1.82) is 0 Å². The van der Waals surface area contributed by atoms with Crippen LogP contribution in [-0.2, 0) is 14.3 Å². The third-order valence-electron chi connectivity index (χ3n) is 5.09. The Labute approximate surface area is 134 Å². The average Bonchev–Trinajstić information content (AvgIpc) is 2.77. The lowest BCUT2D eigenvalue weighted by Crippen LogP contribution is -2.38. The van der Waals surface area contributed by atoms with Crippen LogP contribution in [0.4, 0.5) is 0 Å². The minimum Gasteiger partial charge on any atom is -0.393 e. The molecule has 3 nitrogen and oxygen atoms in total. The normalized spacial score (nSPS) is 24.7. The number of esters is 2. The monoisotopic (exact) mass is 306 g/mol. The third kappa shape index (κ3) is 3.88. The van der Waals surface area contributed by atoms with Crippen LogP contribution in [0, 0.1) is 29.1 Å². The summed E-state index contributed by atoms with van der Waals surface area (Å²) in [5.74, 6) is -1.34. The highest BCUT2D eigenvalue weighted by Gasteiger charge is 2.54. The predicted octanol–water partition coefficient (Wildman–Crippen LogP) is 4.53. The van der Waals surface area contributed by atoms with E-state index in [2.05, 4.69) is 33.9 Å². The smallest absolute Gasteiger partial charge is 0.318 e. The first-order valence-electron chi connectivity index (χ1n) is 8.29.